The van der Waals surface area contributed by atoms with Gasteiger partial charge in [0.05, 0.1) is 22.9 Å². The molecule has 2 aliphatic heterocycles. The molecule has 4 rings (SSSR count). The van der Waals surface area contributed by atoms with Crippen molar-refractivity contribution in [1.82, 2.24) is 4.90 Å². The largest absolute Gasteiger partial charge is 0.491 e. The predicted octanol–water partition coefficient (Wildman–Crippen LogP) is 3.10. The molecule has 0 bridgehead atoms. The van der Waals surface area contributed by atoms with Crippen molar-refractivity contribution >= 4 is 29.1 Å². The zero-order valence-corrected chi connectivity index (χ0v) is 15.3. The van der Waals surface area contributed by atoms with E-state index >= 15 is 0 Å². The van der Waals surface area contributed by atoms with Crippen LogP contribution < -0.4 is 14.8 Å². The first kappa shape index (κ1) is 18.5. The van der Waals surface area contributed by atoms with E-state index in [4.69, 9.17) is 21.1 Å². The summed E-state index contributed by atoms with van der Waals surface area (Å²) in [6.07, 6.45) is 0. The molecule has 0 saturated carbocycles. The van der Waals surface area contributed by atoms with Crippen LogP contribution in [0, 0.1) is 17.6 Å². The van der Waals surface area contributed by atoms with E-state index in [-0.39, 0.29) is 47.8 Å². The SMILES string of the molecule is O=C1COc2cc(F)c(C(=O)N3CC(COc4cc(F)ccc4Cl)C3)cc2N1. The summed E-state index contributed by atoms with van der Waals surface area (Å²) in [6.45, 7) is 0.794. The molecule has 0 atom stereocenters. The van der Waals surface area contributed by atoms with Gasteiger partial charge < -0.3 is 19.7 Å². The van der Waals surface area contributed by atoms with Crippen LogP contribution in [0.2, 0.25) is 5.02 Å². The standard InChI is InChI=1S/C19H15ClF2N2O4/c20-13-2-1-11(21)3-16(13)27-8-10-6-24(7-10)19(26)12-4-15-17(5-14(12)22)28-9-18(25)23-15/h1-5,10H,6-9H2,(H,23,25). The van der Waals surface area contributed by atoms with Gasteiger partial charge in [-0.1, -0.05) is 11.6 Å². The van der Waals surface area contributed by atoms with Gasteiger partial charge in [-0.05, 0) is 18.2 Å². The Morgan fingerprint density at radius 2 is 2.07 bits per heavy atom. The summed E-state index contributed by atoms with van der Waals surface area (Å²) < 4.78 is 38.2. The summed E-state index contributed by atoms with van der Waals surface area (Å²) in [5.41, 5.74) is 0.124. The van der Waals surface area contributed by atoms with E-state index in [0.29, 0.717) is 18.1 Å². The number of carbonyl (C=O) groups excluding carboxylic acids is 2. The van der Waals surface area contributed by atoms with E-state index in [1.165, 1.54) is 29.2 Å². The third-order valence-electron chi connectivity index (χ3n) is 4.54. The lowest BCUT2D eigenvalue weighted by Crippen LogP contribution is -2.52. The highest BCUT2D eigenvalue weighted by Gasteiger charge is 2.34. The Kier molecular flexibility index (Phi) is 4.80. The third-order valence-corrected chi connectivity index (χ3v) is 4.86. The molecule has 1 fully saturated rings. The third kappa shape index (κ3) is 3.60. The first-order valence-electron chi connectivity index (χ1n) is 8.54. The van der Waals surface area contributed by atoms with Crippen LogP contribution in [0.3, 0.4) is 0 Å². The topological polar surface area (TPSA) is 67.9 Å². The molecule has 0 aromatic heterocycles. The molecule has 2 aromatic carbocycles. The molecular formula is C19H15ClF2N2O4. The molecule has 0 aliphatic carbocycles. The van der Waals surface area contributed by atoms with Gasteiger partial charge in [-0.15, -0.1) is 0 Å². The average molecular weight is 409 g/mol. The Hall–Kier alpha value is -2.87. The molecule has 28 heavy (non-hydrogen) atoms. The Morgan fingerprint density at radius 1 is 1.29 bits per heavy atom. The molecule has 2 aromatic rings. The molecule has 2 aliphatic rings. The van der Waals surface area contributed by atoms with E-state index in [0.717, 1.165) is 6.07 Å². The number of carbonyl (C=O) groups is 2. The van der Waals surface area contributed by atoms with E-state index in [1.807, 2.05) is 0 Å². The molecular weight excluding hydrogens is 394 g/mol. The van der Waals surface area contributed by atoms with Gasteiger partial charge in [0.1, 0.15) is 23.1 Å². The zero-order chi connectivity index (χ0) is 19.8. The number of hydrogen-bond acceptors (Lipinski definition) is 4. The van der Waals surface area contributed by atoms with Gasteiger partial charge in [-0.3, -0.25) is 9.59 Å². The number of ether oxygens (including phenoxy) is 2. The number of nitrogens with one attached hydrogen (secondary N) is 1. The van der Waals surface area contributed by atoms with Crippen molar-refractivity contribution in [2.75, 3.05) is 31.6 Å². The van der Waals surface area contributed by atoms with Crippen LogP contribution in [0.15, 0.2) is 30.3 Å². The number of amides is 2. The van der Waals surface area contributed by atoms with Crippen molar-refractivity contribution in [2.24, 2.45) is 5.92 Å². The number of rotatable bonds is 4. The number of fused-ring (bicyclic) bond motifs is 1. The Morgan fingerprint density at radius 3 is 2.86 bits per heavy atom. The summed E-state index contributed by atoms with van der Waals surface area (Å²) in [4.78, 5) is 25.4. The number of hydrogen-bond donors (Lipinski definition) is 1. The van der Waals surface area contributed by atoms with Crippen LogP contribution in [0.25, 0.3) is 0 Å². The van der Waals surface area contributed by atoms with Crippen LogP contribution in [-0.2, 0) is 4.79 Å². The maximum Gasteiger partial charge on any atom is 0.262 e. The fourth-order valence-corrected chi connectivity index (χ4v) is 3.24. The van der Waals surface area contributed by atoms with Crippen LogP contribution in [0.1, 0.15) is 10.4 Å². The fourth-order valence-electron chi connectivity index (χ4n) is 3.07. The average Bonchev–Trinajstić information content (AvgIpc) is 2.62. The fraction of sp³-hybridized carbons (Fsp3) is 0.263. The van der Waals surface area contributed by atoms with Gasteiger partial charge in [-0.2, -0.15) is 0 Å². The maximum atomic E-state index is 14.3. The molecule has 9 heteroatoms. The molecule has 0 unspecified atom stereocenters. The molecule has 146 valence electrons. The molecule has 0 spiro atoms. The molecule has 2 heterocycles. The first-order chi connectivity index (χ1) is 13.4. The molecule has 2 amide bonds. The van der Waals surface area contributed by atoms with Crippen LogP contribution in [0.5, 0.6) is 11.5 Å². The van der Waals surface area contributed by atoms with E-state index in [1.54, 1.807) is 0 Å². The maximum absolute atomic E-state index is 14.3. The van der Waals surface area contributed by atoms with Crippen molar-refractivity contribution in [3.05, 3.63) is 52.6 Å². The lowest BCUT2D eigenvalue weighted by Gasteiger charge is -2.39. The minimum absolute atomic E-state index is 0.0204. The van der Waals surface area contributed by atoms with Gasteiger partial charge in [-0.25, -0.2) is 8.78 Å². The van der Waals surface area contributed by atoms with Crippen LogP contribution >= 0.6 is 11.6 Å². The Balaban J connectivity index is 1.37. The number of benzene rings is 2. The quantitative estimate of drug-likeness (QED) is 0.844. The highest BCUT2D eigenvalue weighted by molar-refractivity contribution is 6.32. The molecule has 1 saturated heterocycles. The number of likely N-dealkylation sites (tertiary alicyclic amines) is 1. The summed E-state index contributed by atoms with van der Waals surface area (Å²) in [5, 5.41) is 2.85. The van der Waals surface area contributed by atoms with Crippen molar-refractivity contribution in [3.8, 4) is 11.5 Å². The van der Waals surface area contributed by atoms with Crippen molar-refractivity contribution < 1.29 is 27.8 Å². The zero-order valence-electron chi connectivity index (χ0n) is 14.5. The van der Waals surface area contributed by atoms with Gasteiger partial charge in [0.15, 0.2) is 6.61 Å². The Labute approximate surface area is 164 Å². The smallest absolute Gasteiger partial charge is 0.262 e. The second kappa shape index (κ2) is 7.27. The Bertz CT molecular complexity index is 963. The summed E-state index contributed by atoms with van der Waals surface area (Å²) in [5.74, 6) is -1.57. The van der Waals surface area contributed by atoms with Crippen LogP contribution in [-0.4, -0.2) is 43.0 Å². The number of nitrogens with zero attached hydrogens (tertiary/aromatic N) is 1. The normalized spacial score (nSPS) is 16.0. The highest BCUT2D eigenvalue weighted by Crippen LogP contribution is 2.32. The lowest BCUT2D eigenvalue weighted by molar-refractivity contribution is -0.118. The van der Waals surface area contributed by atoms with Crippen molar-refractivity contribution in [1.29, 1.82) is 0 Å². The highest BCUT2D eigenvalue weighted by atomic mass is 35.5. The van der Waals surface area contributed by atoms with Crippen molar-refractivity contribution in [3.63, 3.8) is 0 Å². The van der Waals surface area contributed by atoms with Crippen LogP contribution in [0.4, 0.5) is 14.5 Å². The van der Waals surface area contributed by atoms with Gasteiger partial charge in [0, 0.05) is 31.1 Å². The molecule has 0 radical (unpaired) electrons. The van der Waals surface area contributed by atoms with E-state index in [2.05, 4.69) is 5.32 Å². The van der Waals surface area contributed by atoms with Crippen molar-refractivity contribution in [2.45, 2.75) is 0 Å². The second-order valence-corrected chi connectivity index (χ2v) is 7.03. The lowest BCUT2D eigenvalue weighted by atomic mass is 9.99. The van der Waals surface area contributed by atoms with Gasteiger partial charge >= 0.3 is 0 Å². The molecule has 1 N–H and O–H groups in total. The van der Waals surface area contributed by atoms with Gasteiger partial charge in [0.2, 0.25) is 0 Å². The summed E-state index contributed by atoms with van der Waals surface area (Å²) in [7, 11) is 0. The first-order valence-corrected chi connectivity index (χ1v) is 8.92. The second-order valence-electron chi connectivity index (χ2n) is 6.63. The summed E-state index contributed by atoms with van der Waals surface area (Å²) in [6, 6.07) is 6.21. The molecule has 6 nitrogen and oxygen atoms in total. The monoisotopic (exact) mass is 408 g/mol. The van der Waals surface area contributed by atoms with E-state index < -0.39 is 17.5 Å². The predicted molar refractivity (Wildman–Crippen MR) is 96.8 cm³/mol. The van der Waals surface area contributed by atoms with E-state index in [9.17, 15) is 18.4 Å². The van der Waals surface area contributed by atoms with Gasteiger partial charge in [0.25, 0.3) is 11.8 Å². The minimum atomic E-state index is -0.717. The minimum Gasteiger partial charge on any atom is -0.491 e. The number of halogens is 3. The summed E-state index contributed by atoms with van der Waals surface area (Å²) >= 11 is 5.95. The number of anilines is 1.